The number of aliphatic carboxylic acids is 1. The largest absolute Gasteiger partial charge is 0.481 e. The molecule has 0 aromatic heterocycles. The van der Waals surface area contributed by atoms with Crippen LogP contribution in [0.1, 0.15) is 38.7 Å². The number of carbonyl (C=O) groups is 2. The Kier molecular flexibility index (Phi) is 5.91. The van der Waals surface area contributed by atoms with Crippen molar-refractivity contribution in [2.75, 3.05) is 5.32 Å². The monoisotopic (exact) mass is 352 g/mol. The normalized spacial score (nSPS) is 10.8. The van der Waals surface area contributed by atoms with Crippen LogP contribution in [-0.2, 0) is 9.59 Å². The Morgan fingerprint density at radius 2 is 2.00 bits per heavy atom. The molecule has 0 unspecified atom stereocenters. The molecule has 0 fully saturated rings. The zero-order chi connectivity index (χ0) is 16.0. The molecule has 0 aliphatic carbocycles. The fraction of sp³-hybridized carbons (Fsp3) is 0.400. The minimum Gasteiger partial charge on any atom is -0.481 e. The SMILES string of the molecule is CCC(CC)(CC(=O)Nc1ccc(Br)cc1C#N)C(=O)O. The fourth-order valence-corrected chi connectivity index (χ4v) is 2.46. The van der Waals surface area contributed by atoms with E-state index >= 15 is 0 Å². The summed E-state index contributed by atoms with van der Waals surface area (Å²) in [5, 5.41) is 21.0. The lowest BCUT2D eigenvalue weighted by Crippen LogP contribution is -2.34. The number of nitrogens with zero attached hydrogens (tertiary/aromatic N) is 1. The van der Waals surface area contributed by atoms with Gasteiger partial charge in [-0.3, -0.25) is 9.59 Å². The molecule has 0 atom stereocenters. The summed E-state index contributed by atoms with van der Waals surface area (Å²) < 4.78 is 0.735. The van der Waals surface area contributed by atoms with Gasteiger partial charge in [0.05, 0.1) is 16.7 Å². The van der Waals surface area contributed by atoms with Crippen LogP contribution in [0.3, 0.4) is 0 Å². The predicted molar refractivity (Wildman–Crippen MR) is 82.8 cm³/mol. The average Bonchev–Trinajstić information content (AvgIpc) is 2.46. The number of carboxylic acid groups (broad SMARTS) is 1. The van der Waals surface area contributed by atoms with Gasteiger partial charge < -0.3 is 10.4 Å². The van der Waals surface area contributed by atoms with Gasteiger partial charge in [-0.25, -0.2) is 0 Å². The van der Waals surface area contributed by atoms with Crippen LogP contribution in [0.4, 0.5) is 5.69 Å². The van der Waals surface area contributed by atoms with E-state index in [4.69, 9.17) is 5.26 Å². The molecule has 0 aliphatic rings. The Morgan fingerprint density at radius 1 is 1.38 bits per heavy atom. The highest BCUT2D eigenvalue weighted by molar-refractivity contribution is 9.10. The highest BCUT2D eigenvalue weighted by Gasteiger charge is 2.37. The van der Waals surface area contributed by atoms with E-state index in [1.165, 1.54) is 0 Å². The number of anilines is 1. The third-order valence-corrected chi connectivity index (χ3v) is 4.18. The van der Waals surface area contributed by atoms with Crippen molar-refractivity contribution < 1.29 is 14.7 Å². The lowest BCUT2D eigenvalue weighted by Gasteiger charge is -2.25. The summed E-state index contributed by atoms with van der Waals surface area (Å²) in [5.41, 5.74) is -0.351. The molecule has 0 saturated heterocycles. The van der Waals surface area contributed by atoms with E-state index in [0.717, 1.165) is 4.47 Å². The average molecular weight is 353 g/mol. The molecule has 0 radical (unpaired) electrons. The van der Waals surface area contributed by atoms with Crippen molar-refractivity contribution in [3.8, 4) is 6.07 Å². The zero-order valence-corrected chi connectivity index (χ0v) is 13.5. The molecule has 1 aromatic carbocycles. The molecule has 0 saturated carbocycles. The third kappa shape index (κ3) is 4.05. The molecule has 1 rings (SSSR count). The van der Waals surface area contributed by atoms with Gasteiger partial charge in [0.25, 0.3) is 0 Å². The molecule has 1 aromatic rings. The van der Waals surface area contributed by atoms with Crippen molar-refractivity contribution >= 4 is 33.5 Å². The lowest BCUT2D eigenvalue weighted by molar-refractivity contribution is -0.151. The van der Waals surface area contributed by atoms with E-state index in [1.54, 1.807) is 32.0 Å². The van der Waals surface area contributed by atoms with Crippen LogP contribution in [0.25, 0.3) is 0 Å². The quantitative estimate of drug-likeness (QED) is 0.818. The molecule has 0 spiro atoms. The fourth-order valence-electron chi connectivity index (χ4n) is 2.10. The van der Waals surface area contributed by atoms with E-state index in [2.05, 4.69) is 21.2 Å². The maximum atomic E-state index is 12.1. The van der Waals surface area contributed by atoms with Crippen LogP contribution in [0, 0.1) is 16.7 Å². The molecule has 0 bridgehead atoms. The van der Waals surface area contributed by atoms with Gasteiger partial charge in [-0.15, -0.1) is 0 Å². The Balaban J connectivity index is 2.92. The number of carbonyl (C=O) groups excluding carboxylic acids is 1. The van der Waals surface area contributed by atoms with Gasteiger partial charge in [-0.1, -0.05) is 29.8 Å². The maximum Gasteiger partial charge on any atom is 0.310 e. The van der Waals surface area contributed by atoms with Crippen molar-refractivity contribution in [2.24, 2.45) is 5.41 Å². The zero-order valence-electron chi connectivity index (χ0n) is 11.9. The first-order valence-corrected chi connectivity index (χ1v) is 7.40. The first kappa shape index (κ1) is 17.2. The van der Waals surface area contributed by atoms with Crippen LogP contribution in [0.15, 0.2) is 22.7 Å². The van der Waals surface area contributed by atoms with Crippen molar-refractivity contribution in [1.82, 2.24) is 0 Å². The molecule has 2 N–H and O–H groups in total. The van der Waals surface area contributed by atoms with Gasteiger partial charge in [-0.05, 0) is 31.0 Å². The second kappa shape index (κ2) is 7.23. The van der Waals surface area contributed by atoms with E-state index in [1.807, 2.05) is 6.07 Å². The van der Waals surface area contributed by atoms with Crippen molar-refractivity contribution in [1.29, 1.82) is 5.26 Å². The van der Waals surface area contributed by atoms with Gasteiger partial charge in [0.15, 0.2) is 0 Å². The van der Waals surface area contributed by atoms with Crippen LogP contribution >= 0.6 is 15.9 Å². The Labute approximate surface area is 132 Å². The molecule has 0 heterocycles. The summed E-state index contributed by atoms with van der Waals surface area (Å²) in [5.74, 6) is -1.38. The van der Waals surface area contributed by atoms with Gasteiger partial charge >= 0.3 is 5.97 Å². The highest BCUT2D eigenvalue weighted by atomic mass is 79.9. The lowest BCUT2D eigenvalue weighted by atomic mass is 9.79. The van der Waals surface area contributed by atoms with E-state index < -0.39 is 17.3 Å². The molecular formula is C15H17BrN2O3. The maximum absolute atomic E-state index is 12.1. The first-order chi connectivity index (χ1) is 9.88. The molecule has 6 heteroatoms. The molecule has 5 nitrogen and oxygen atoms in total. The Hall–Kier alpha value is -1.87. The van der Waals surface area contributed by atoms with Crippen LogP contribution in [-0.4, -0.2) is 17.0 Å². The number of halogens is 1. The Bertz CT molecular complexity index is 589. The second-order valence-electron chi connectivity index (χ2n) is 4.82. The van der Waals surface area contributed by atoms with Crippen molar-refractivity contribution in [3.63, 3.8) is 0 Å². The first-order valence-electron chi connectivity index (χ1n) is 6.61. The van der Waals surface area contributed by atoms with E-state index in [-0.39, 0.29) is 6.42 Å². The summed E-state index contributed by atoms with van der Waals surface area (Å²) in [6.07, 6.45) is 0.631. The second-order valence-corrected chi connectivity index (χ2v) is 5.73. The number of nitriles is 1. The summed E-state index contributed by atoms with van der Waals surface area (Å²) >= 11 is 3.25. The van der Waals surface area contributed by atoms with Gasteiger partial charge in [0, 0.05) is 10.9 Å². The van der Waals surface area contributed by atoms with E-state index in [9.17, 15) is 14.7 Å². The molecule has 21 heavy (non-hydrogen) atoms. The number of nitrogens with one attached hydrogen (secondary N) is 1. The topological polar surface area (TPSA) is 90.2 Å². The number of hydrogen-bond donors (Lipinski definition) is 2. The number of carboxylic acids is 1. The summed E-state index contributed by atoms with van der Waals surface area (Å²) in [6, 6.07) is 6.91. The highest BCUT2D eigenvalue weighted by Crippen LogP contribution is 2.31. The summed E-state index contributed by atoms with van der Waals surface area (Å²) in [4.78, 5) is 23.5. The predicted octanol–water partition coefficient (Wildman–Crippen LogP) is 3.54. The summed E-state index contributed by atoms with van der Waals surface area (Å²) in [7, 11) is 0. The number of benzene rings is 1. The number of amides is 1. The smallest absolute Gasteiger partial charge is 0.310 e. The van der Waals surface area contributed by atoms with Gasteiger partial charge in [0.1, 0.15) is 6.07 Å². The van der Waals surface area contributed by atoms with Gasteiger partial charge in [0.2, 0.25) is 5.91 Å². The van der Waals surface area contributed by atoms with E-state index in [0.29, 0.717) is 24.1 Å². The van der Waals surface area contributed by atoms with Gasteiger partial charge in [-0.2, -0.15) is 5.26 Å². The summed E-state index contributed by atoms with van der Waals surface area (Å²) in [6.45, 7) is 3.51. The van der Waals surface area contributed by atoms with Crippen LogP contribution < -0.4 is 5.32 Å². The third-order valence-electron chi connectivity index (χ3n) is 3.68. The van der Waals surface area contributed by atoms with Crippen LogP contribution in [0.2, 0.25) is 0 Å². The minimum atomic E-state index is -1.06. The molecule has 1 amide bonds. The minimum absolute atomic E-state index is 0.115. The molecule has 0 aliphatic heterocycles. The standard InChI is InChI=1S/C15H17BrN2O3/c1-3-15(4-2,14(20)21)8-13(19)18-12-6-5-11(16)7-10(12)9-17/h5-7H,3-4,8H2,1-2H3,(H,18,19)(H,20,21). The number of hydrogen-bond acceptors (Lipinski definition) is 3. The Morgan fingerprint density at radius 3 is 2.48 bits per heavy atom. The van der Waals surface area contributed by atoms with Crippen LogP contribution in [0.5, 0.6) is 0 Å². The molecule has 112 valence electrons. The number of rotatable bonds is 6. The van der Waals surface area contributed by atoms with Crippen molar-refractivity contribution in [3.05, 3.63) is 28.2 Å². The van der Waals surface area contributed by atoms with Crippen molar-refractivity contribution in [2.45, 2.75) is 33.1 Å². The molecular weight excluding hydrogens is 336 g/mol.